The first-order valence-corrected chi connectivity index (χ1v) is 6.26. The van der Waals surface area contributed by atoms with E-state index >= 15 is 0 Å². The van der Waals surface area contributed by atoms with Gasteiger partial charge in [0, 0.05) is 19.1 Å². The van der Waals surface area contributed by atoms with Gasteiger partial charge in [0.05, 0.1) is 6.21 Å². The van der Waals surface area contributed by atoms with Crippen molar-refractivity contribution in [1.29, 1.82) is 0 Å². The molecular weight excluding hydrogens is 260 g/mol. The standard InChI is InChI=1S/C15H15ClN2O/c1-18(2)17-11-12-4-3-5-15(10-12)19-14-8-6-13(16)7-9-14/h3-11H,1-2H3. The highest BCUT2D eigenvalue weighted by Gasteiger charge is 1.98. The molecule has 0 aliphatic heterocycles. The SMILES string of the molecule is CN(C)N=Cc1cccc(Oc2ccc(Cl)cc2)c1. The van der Waals surface area contributed by atoms with Crippen LogP contribution in [0.25, 0.3) is 0 Å². The maximum absolute atomic E-state index is 5.83. The molecule has 0 amide bonds. The maximum atomic E-state index is 5.83. The Kier molecular flexibility index (Phi) is 4.42. The fourth-order valence-electron chi connectivity index (χ4n) is 1.48. The van der Waals surface area contributed by atoms with Gasteiger partial charge in [-0.3, -0.25) is 0 Å². The molecule has 19 heavy (non-hydrogen) atoms. The highest BCUT2D eigenvalue weighted by molar-refractivity contribution is 6.30. The number of nitrogens with zero attached hydrogens (tertiary/aromatic N) is 2. The summed E-state index contributed by atoms with van der Waals surface area (Å²) in [4.78, 5) is 0. The minimum absolute atomic E-state index is 0.694. The second-order valence-electron chi connectivity index (χ2n) is 4.22. The summed E-state index contributed by atoms with van der Waals surface area (Å²) in [6.45, 7) is 0. The van der Waals surface area contributed by atoms with Crippen LogP contribution >= 0.6 is 11.6 Å². The average molecular weight is 275 g/mol. The van der Waals surface area contributed by atoms with Gasteiger partial charge in [0.25, 0.3) is 0 Å². The molecule has 0 spiro atoms. The summed E-state index contributed by atoms with van der Waals surface area (Å²) in [5.41, 5.74) is 0.986. The molecule has 0 saturated carbocycles. The van der Waals surface area contributed by atoms with Crippen LogP contribution in [0.4, 0.5) is 0 Å². The smallest absolute Gasteiger partial charge is 0.128 e. The number of halogens is 1. The highest BCUT2D eigenvalue weighted by atomic mass is 35.5. The lowest BCUT2D eigenvalue weighted by molar-refractivity contribution is 0.440. The second kappa shape index (κ2) is 6.25. The van der Waals surface area contributed by atoms with Crippen LogP contribution in [0.15, 0.2) is 53.6 Å². The number of hydrogen-bond acceptors (Lipinski definition) is 3. The predicted molar refractivity (Wildman–Crippen MR) is 79.2 cm³/mol. The van der Waals surface area contributed by atoms with Crippen molar-refractivity contribution < 1.29 is 4.74 Å². The Morgan fingerprint density at radius 2 is 1.79 bits per heavy atom. The lowest BCUT2D eigenvalue weighted by Gasteiger charge is -2.07. The van der Waals surface area contributed by atoms with E-state index in [4.69, 9.17) is 16.3 Å². The van der Waals surface area contributed by atoms with Crippen molar-refractivity contribution in [3.05, 3.63) is 59.1 Å². The normalized spacial score (nSPS) is 10.7. The second-order valence-corrected chi connectivity index (χ2v) is 4.66. The number of hydrazone groups is 1. The van der Waals surface area contributed by atoms with Crippen molar-refractivity contribution in [2.45, 2.75) is 0 Å². The zero-order chi connectivity index (χ0) is 13.7. The Balaban J connectivity index is 2.12. The topological polar surface area (TPSA) is 24.8 Å². The van der Waals surface area contributed by atoms with Gasteiger partial charge in [-0.25, -0.2) is 0 Å². The van der Waals surface area contributed by atoms with Crippen LogP contribution in [0.5, 0.6) is 11.5 Å². The van der Waals surface area contributed by atoms with Gasteiger partial charge in [0.15, 0.2) is 0 Å². The van der Waals surface area contributed by atoms with Crippen LogP contribution in [0.2, 0.25) is 5.02 Å². The number of ether oxygens (including phenoxy) is 1. The van der Waals surface area contributed by atoms with Crippen molar-refractivity contribution in [3.63, 3.8) is 0 Å². The minimum Gasteiger partial charge on any atom is -0.457 e. The van der Waals surface area contributed by atoms with Crippen LogP contribution in [0, 0.1) is 0 Å². The number of benzene rings is 2. The first kappa shape index (κ1) is 13.4. The van der Waals surface area contributed by atoms with Gasteiger partial charge in [-0.1, -0.05) is 23.7 Å². The van der Waals surface area contributed by atoms with E-state index in [1.165, 1.54) is 0 Å². The summed E-state index contributed by atoms with van der Waals surface area (Å²) in [5.74, 6) is 1.52. The Hall–Kier alpha value is -2.00. The van der Waals surface area contributed by atoms with E-state index < -0.39 is 0 Å². The first-order valence-electron chi connectivity index (χ1n) is 5.88. The molecule has 4 heteroatoms. The summed E-state index contributed by atoms with van der Waals surface area (Å²) in [6.07, 6.45) is 1.79. The van der Waals surface area contributed by atoms with E-state index in [0.29, 0.717) is 5.02 Å². The van der Waals surface area contributed by atoms with E-state index in [1.807, 2.05) is 50.5 Å². The Morgan fingerprint density at radius 1 is 1.05 bits per heavy atom. The van der Waals surface area contributed by atoms with E-state index in [-0.39, 0.29) is 0 Å². The first-order chi connectivity index (χ1) is 9.13. The molecule has 0 saturated heterocycles. The fraction of sp³-hybridized carbons (Fsp3) is 0.133. The lowest BCUT2D eigenvalue weighted by Crippen LogP contribution is -2.01. The van der Waals surface area contributed by atoms with Crippen LogP contribution in [0.3, 0.4) is 0 Å². The van der Waals surface area contributed by atoms with Crippen molar-refractivity contribution >= 4 is 17.8 Å². The van der Waals surface area contributed by atoms with Crippen LogP contribution in [-0.4, -0.2) is 25.3 Å². The molecule has 0 fully saturated rings. The van der Waals surface area contributed by atoms with Gasteiger partial charge >= 0.3 is 0 Å². The van der Waals surface area contributed by atoms with Gasteiger partial charge in [-0.2, -0.15) is 5.10 Å². The van der Waals surface area contributed by atoms with E-state index in [2.05, 4.69) is 5.10 Å². The Morgan fingerprint density at radius 3 is 2.47 bits per heavy atom. The van der Waals surface area contributed by atoms with Crippen LogP contribution < -0.4 is 4.74 Å². The van der Waals surface area contributed by atoms with Gasteiger partial charge < -0.3 is 9.75 Å². The molecule has 2 aromatic carbocycles. The molecule has 2 aromatic rings. The Bertz CT molecular complexity index is 565. The monoisotopic (exact) mass is 274 g/mol. The van der Waals surface area contributed by atoms with Crippen LogP contribution in [-0.2, 0) is 0 Å². The third-order valence-electron chi connectivity index (χ3n) is 2.35. The maximum Gasteiger partial charge on any atom is 0.128 e. The van der Waals surface area contributed by atoms with E-state index in [9.17, 15) is 0 Å². The molecule has 0 atom stereocenters. The summed E-state index contributed by atoms with van der Waals surface area (Å²) in [6, 6.07) is 15.0. The van der Waals surface area contributed by atoms with Crippen LogP contribution in [0.1, 0.15) is 5.56 Å². The lowest BCUT2D eigenvalue weighted by atomic mass is 10.2. The van der Waals surface area contributed by atoms with Crippen molar-refractivity contribution in [3.8, 4) is 11.5 Å². The molecule has 2 rings (SSSR count). The molecule has 0 aliphatic rings. The minimum atomic E-state index is 0.694. The highest BCUT2D eigenvalue weighted by Crippen LogP contribution is 2.23. The Labute approximate surface area is 118 Å². The molecule has 0 aromatic heterocycles. The van der Waals surface area contributed by atoms with Crippen molar-refractivity contribution in [2.24, 2.45) is 5.10 Å². The summed E-state index contributed by atoms with van der Waals surface area (Å²) >= 11 is 5.83. The molecule has 3 nitrogen and oxygen atoms in total. The molecule has 0 heterocycles. The van der Waals surface area contributed by atoms with Gasteiger partial charge in [-0.05, 0) is 42.0 Å². The quantitative estimate of drug-likeness (QED) is 0.621. The van der Waals surface area contributed by atoms with Gasteiger partial charge in [0.2, 0.25) is 0 Å². The molecule has 0 unspecified atom stereocenters. The van der Waals surface area contributed by atoms with Gasteiger partial charge in [-0.15, -0.1) is 0 Å². The number of hydrogen-bond donors (Lipinski definition) is 0. The molecule has 0 N–H and O–H groups in total. The zero-order valence-electron chi connectivity index (χ0n) is 10.9. The summed E-state index contributed by atoms with van der Waals surface area (Å²) < 4.78 is 5.75. The van der Waals surface area contributed by atoms with Gasteiger partial charge in [0.1, 0.15) is 11.5 Å². The summed E-state index contributed by atoms with van der Waals surface area (Å²) in [7, 11) is 3.76. The average Bonchev–Trinajstić information content (AvgIpc) is 2.40. The van der Waals surface area contributed by atoms with E-state index in [0.717, 1.165) is 17.1 Å². The number of rotatable bonds is 4. The van der Waals surface area contributed by atoms with Crippen molar-refractivity contribution in [1.82, 2.24) is 5.01 Å². The molecule has 0 bridgehead atoms. The summed E-state index contributed by atoms with van der Waals surface area (Å²) in [5, 5.41) is 6.63. The zero-order valence-corrected chi connectivity index (χ0v) is 11.6. The van der Waals surface area contributed by atoms with Crippen molar-refractivity contribution in [2.75, 3.05) is 14.1 Å². The molecular formula is C15H15ClN2O. The molecule has 0 aliphatic carbocycles. The third-order valence-corrected chi connectivity index (χ3v) is 2.60. The molecule has 98 valence electrons. The fourth-order valence-corrected chi connectivity index (χ4v) is 1.61. The molecule has 0 radical (unpaired) electrons. The largest absolute Gasteiger partial charge is 0.457 e. The van der Waals surface area contributed by atoms with E-state index in [1.54, 1.807) is 23.4 Å². The third kappa shape index (κ3) is 4.30. The predicted octanol–water partition coefficient (Wildman–Crippen LogP) is 4.03.